The highest BCUT2D eigenvalue weighted by molar-refractivity contribution is 5.11. The minimum absolute atomic E-state index is 0.124. The number of hydrogen-bond donors (Lipinski definition) is 3. The van der Waals surface area contributed by atoms with Crippen LogP contribution in [0.1, 0.15) is 40.0 Å². The first-order valence-corrected chi connectivity index (χ1v) is 6.85. The third-order valence-electron chi connectivity index (χ3n) is 4.03. The Hall–Kier alpha value is -0.680. The second-order valence-electron chi connectivity index (χ2n) is 6.04. The SMILES string of the molecule is C=C1CC[C@@H](C(C)C)/C=C/[C@@](C)(O)[C@@H](O)C[C@H]1OO. The molecule has 4 atom stereocenters. The fourth-order valence-corrected chi connectivity index (χ4v) is 2.32. The largest absolute Gasteiger partial charge is 0.390 e. The van der Waals surface area contributed by atoms with E-state index in [2.05, 4.69) is 25.3 Å². The Morgan fingerprint density at radius 2 is 2.11 bits per heavy atom. The van der Waals surface area contributed by atoms with Gasteiger partial charge in [0.25, 0.3) is 0 Å². The van der Waals surface area contributed by atoms with Crippen molar-refractivity contribution in [1.29, 1.82) is 0 Å². The van der Waals surface area contributed by atoms with Gasteiger partial charge in [-0.15, -0.1) is 0 Å². The lowest BCUT2D eigenvalue weighted by Gasteiger charge is -2.31. The van der Waals surface area contributed by atoms with E-state index in [1.807, 2.05) is 6.08 Å². The van der Waals surface area contributed by atoms with Crippen LogP contribution in [0.25, 0.3) is 0 Å². The molecule has 0 aliphatic heterocycles. The molecule has 3 N–H and O–H groups in total. The molecule has 0 radical (unpaired) electrons. The Bertz CT molecular complexity index is 333. The third kappa shape index (κ3) is 4.42. The lowest BCUT2D eigenvalue weighted by molar-refractivity contribution is -0.275. The second-order valence-corrected chi connectivity index (χ2v) is 6.04. The molecule has 1 rings (SSSR count). The Morgan fingerprint density at radius 3 is 2.63 bits per heavy atom. The summed E-state index contributed by atoms with van der Waals surface area (Å²) in [6.07, 6.45) is 3.72. The Morgan fingerprint density at radius 1 is 1.47 bits per heavy atom. The molecule has 0 aromatic rings. The van der Waals surface area contributed by atoms with Gasteiger partial charge in [0.05, 0.1) is 6.10 Å². The number of aliphatic hydroxyl groups is 2. The van der Waals surface area contributed by atoms with E-state index in [-0.39, 0.29) is 6.42 Å². The summed E-state index contributed by atoms with van der Waals surface area (Å²) in [5.41, 5.74) is -0.583. The molecular formula is C15H26O4. The Kier molecular flexibility index (Phi) is 5.74. The van der Waals surface area contributed by atoms with Crippen molar-refractivity contribution in [2.45, 2.75) is 57.8 Å². The summed E-state index contributed by atoms with van der Waals surface area (Å²) >= 11 is 0. The molecule has 0 fully saturated rings. The molecule has 4 heteroatoms. The highest BCUT2D eigenvalue weighted by Crippen LogP contribution is 2.29. The van der Waals surface area contributed by atoms with Crippen molar-refractivity contribution in [2.24, 2.45) is 11.8 Å². The molecule has 0 aromatic heterocycles. The minimum atomic E-state index is -1.33. The lowest BCUT2D eigenvalue weighted by atomic mass is 9.83. The third-order valence-corrected chi connectivity index (χ3v) is 4.03. The fourth-order valence-electron chi connectivity index (χ4n) is 2.32. The van der Waals surface area contributed by atoms with Gasteiger partial charge in [-0.1, -0.05) is 32.6 Å². The smallest absolute Gasteiger partial charge is 0.116 e. The molecule has 0 aromatic carbocycles. The van der Waals surface area contributed by atoms with Crippen molar-refractivity contribution in [1.82, 2.24) is 0 Å². The van der Waals surface area contributed by atoms with E-state index in [1.165, 1.54) is 0 Å². The summed E-state index contributed by atoms with van der Waals surface area (Å²) in [7, 11) is 0. The average molecular weight is 270 g/mol. The normalized spacial score (nSPS) is 39.3. The van der Waals surface area contributed by atoms with Gasteiger partial charge in [-0.05, 0) is 37.2 Å². The maximum atomic E-state index is 10.3. The highest BCUT2D eigenvalue weighted by Gasteiger charge is 2.32. The quantitative estimate of drug-likeness (QED) is 0.410. The van der Waals surface area contributed by atoms with E-state index in [0.717, 1.165) is 18.4 Å². The van der Waals surface area contributed by atoms with Crippen molar-refractivity contribution in [3.8, 4) is 0 Å². The van der Waals surface area contributed by atoms with Crippen molar-refractivity contribution >= 4 is 0 Å². The second kappa shape index (κ2) is 6.66. The summed E-state index contributed by atoms with van der Waals surface area (Å²) in [5, 5.41) is 29.3. The predicted molar refractivity (Wildman–Crippen MR) is 74.6 cm³/mol. The molecule has 1 aliphatic carbocycles. The average Bonchev–Trinajstić information content (AvgIpc) is 2.33. The number of rotatable bonds is 2. The first kappa shape index (κ1) is 16.4. The molecule has 19 heavy (non-hydrogen) atoms. The summed E-state index contributed by atoms with van der Waals surface area (Å²) in [5.74, 6) is 0.734. The van der Waals surface area contributed by atoms with Crippen LogP contribution in [0.15, 0.2) is 24.3 Å². The zero-order chi connectivity index (χ0) is 14.6. The molecule has 1 aliphatic rings. The Labute approximate surface area is 115 Å². The first-order chi connectivity index (χ1) is 8.77. The first-order valence-electron chi connectivity index (χ1n) is 6.85. The van der Waals surface area contributed by atoms with E-state index in [1.54, 1.807) is 13.0 Å². The van der Waals surface area contributed by atoms with Crippen LogP contribution >= 0.6 is 0 Å². The van der Waals surface area contributed by atoms with Gasteiger partial charge >= 0.3 is 0 Å². The van der Waals surface area contributed by atoms with Crippen LogP contribution in [-0.2, 0) is 4.89 Å². The lowest BCUT2D eigenvalue weighted by Crippen LogP contribution is -2.40. The molecule has 0 amide bonds. The van der Waals surface area contributed by atoms with Crippen LogP contribution in [-0.4, -0.2) is 33.3 Å². The monoisotopic (exact) mass is 270 g/mol. The van der Waals surface area contributed by atoms with Crippen LogP contribution in [0.3, 0.4) is 0 Å². The van der Waals surface area contributed by atoms with Crippen LogP contribution < -0.4 is 0 Å². The molecular weight excluding hydrogens is 244 g/mol. The summed E-state index contributed by atoms with van der Waals surface area (Å²) in [6.45, 7) is 9.71. The maximum Gasteiger partial charge on any atom is 0.116 e. The minimum Gasteiger partial charge on any atom is -0.390 e. The van der Waals surface area contributed by atoms with Crippen molar-refractivity contribution < 1.29 is 20.4 Å². The topological polar surface area (TPSA) is 69.9 Å². The van der Waals surface area contributed by atoms with Crippen molar-refractivity contribution in [3.05, 3.63) is 24.3 Å². The number of allylic oxidation sites excluding steroid dienone is 1. The summed E-state index contributed by atoms with van der Waals surface area (Å²) in [4.78, 5) is 4.40. The molecule has 110 valence electrons. The van der Waals surface area contributed by atoms with Crippen molar-refractivity contribution in [3.63, 3.8) is 0 Å². The van der Waals surface area contributed by atoms with Gasteiger partial charge in [-0.2, -0.15) is 0 Å². The molecule has 0 saturated heterocycles. The fraction of sp³-hybridized carbons (Fsp3) is 0.733. The summed E-state index contributed by atoms with van der Waals surface area (Å²) < 4.78 is 0. The molecule has 0 bridgehead atoms. The van der Waals surface area contributed by atoms with E-state index in [4.69, 9.17) is 5.26 Å². The standard InChI is InChI=1S/C15H26O4/c1-10(2)12-6-5-11(3)13(19-18)9-14(16)15(4,17)8-7-12/h7-8,10,12-14,16-18H,3,5-6,9H2,1-2,4H3/b8-7+/t12-,13-,14+,15-/m1/s1. The van der Waals surface area contributed by atoms with E-state index >= 15 is 0 Å². The van der Waals surface area contributed by atoms with Crippen LogP contribution in [0.5, 0.6) is 0 Å². The summed E-state index contributed by atoms with van der Waals surface area (Å²) in [6, 6.07) is 0. The highest BCUT2D eigenvalue weighted by atomic mass is 17.1. The van der Waals surface area contributed by atoms with Crippen LogP contribution in [0.4, 0.5) is 0 Å². The predicted octanol–water partition coefficient (Wildman–Crippen LogP) is 2.53. The molecule has 4 nitrogen and oxygen atoms in total. The zero-order valence-corrected chi connectivity index (χ0v) is 12.0. The van der Waals surface area contributed by atoms with E-state index < -0.39 is 17.8 Å². The molecule has 0 heterocycles. The maximum absolute atomic E-state index is 10.3. The van der Waals surface area contributed by atoms with Crippen LogP contribution in [0.2, 0.25) is 0 Å². The number of hydrogen-bond acceptors (Lipinski definition) is 4. The zero-order valence-electron chi connectivity index (χ0n) is 12.0. The molecule has 0 spiro atoms. The van der Waals surface area contributed by atoms with Gasteiger partial charge < -0.3 is 10.2 Å². The van der Waals surface area contributed by atoms with E-state index in [0.29, 0.717) is 11.8 Å². The van der Waals surface area contributed by atoms with Gasteiger partial charge in [0.1, 0.15) is 11.7 Å². The van der Waals surface area contributed by atoms with Gasteiger partial charge in [-0.3, -0.25) is 5.26 Å². The van der Waals surface area contributed by atoms with E-state index in [9.17, 15) is 10.2 Å². The molecule has 0 saturated carbocycles. The number of aliphatic hydroxyl groups excluding tert-OH is 1. The van der Waals surface area contributed by atoms with Gasteiger partial charge in [0.15, 0.2) is 0 Å². The van der Waals surface area contributed by atoms with Gasteiger partial charge in [0.2, 0.25) is 0 Å². The Balaban J connectivity index is 2.99. The van der Waals surface area contributed by atoms with Crippen LogP contribution in [0, 0.1) is 11.8 Å². The van der Waals surface area contributed by atoms with Crippen molar-refractivity contribution in [2.75, 3.05) is 0 Å². The van der Waals surface area contributed by atoms with Gasteiger partial charge in [0, 0.05) is 6.42 Å². The molecule has 0 unspecified atom stereocenters. The van der Waals surface area contributed by atoms with Gasteiger partial charge in [-0.25, -0.2) is 4.89 Å².